The molecular weight excluding hydrogens is 349 g/mol. The first-order chi connectivity index (χ1) is 8.28. The number of hydrogen-bond donors (Lipinski definition) is 0. The summed E-state index contributed by atoms with van der Waals surface area (Å²) < 4.78 is 5.76. The smallest absolute Gasteiger partial charge is 0.347 e. The van der Waals surface area contributed by atoms with Crippen LogP contribution in [-0.2, 0) is 3.07 Å². The van der Waals surface area contributed by atoms with E-state index < -0.39 is 0 Å². The molecule has 1 saturated carbocycles. The molecule has 3 rings (SSSR count). The highest BCUT2D eigenvalue weighted by Gasteiger charge is 2.23. The van der Waals surface area contributed by atoms with Crippen LogP contribution in [0.25, 0.3) is 10.2 Å². The average Bonchev–Trinajstić information content (AvgIpc) is 2.67. The number of thiazole rings is 1. The molecule has 0 saturated heterocycles. The van der Waals surface area contributed by atoms with Crippen LogP contribution in [0.5, 0.6) is 0 Å². The van der Waals surface area contributed by atoms with E-state index in [0.29, 0.717) is 11.5 Å². The van der Waals surface area contributed by atoms with E-state index in [9.17, 15) is 4.79 Å². The normalized spacial score (nSPS) is 15.8. The van der Waals surface area contributed by atoms with Crippen molar-refractivity contribution in [3.8, 4) is 0 Å². The van der Waals surface area contributed by atoms with Crippen molar-refractivity contribution in [2.45, 2.75) is 25.2 Å². The van der Waals surface area contributed by atoms with E-state index >= 15 is 0 Å². The van der Waals surface area contributed by atoms with E-state index in [-0.39, 0.29) is 5.97 Å². The summed E-state index contributed by atoms with van der Waals surface area (Å²) >= 11 is 3.31. The molecule has 0 unspecified atom stereocenters. The molecule has 0 atom stereocenters. The van der Waals surface area contributed by atoms with Crippen LogP contribution in [0.3, 0.4) is 0 Å². The van der Waals surface area contributed by atoms with Crippen molar-refractivity contribution in [2.24, 2.45) is 0 Å². The number of carbonyl (C=O) groups is 1. The fraction of sp³-hybridized carbons (Fsp3) is 0.333. The van der Waals surface area contributed by atoms with Crippen LogP contribution in [0.2, 0.25) is 0 Å². The minimum atomic E-state index is -0.300. The lowest BCUT2D eigenvalue weighted by Crippen LogP contribution is -2.07. The van der Waals surface area contributed by atoms with Gasteiger partial charge in [-0.2, -0.15) is 0 Å². The quantitative estimate of drug-likeness (QED) is 0.759. The van der Waals surface area contributed by atoms with Crippen molar-refractivity contribution < 1.29 is 7.86 Å². The maximum absolute atomic E-state index is 11.4. The lowest BCUT2D eigenvalue weighted by molar-refractivity contribution is 0.0800. The van der Waals surface area contributed by atoms with Crippen molar-refractivity contribution in [1.29, 1.82) is 0 Å². The zero-order valence-electron chi connectivity index (χ0n) is 8.98. The molecule has 0 bridgehead atoms. The minimum Gasteiger partial charge on any atom is -0.391 e. The molecule has 0 aliphatic heterocycles. The van der Waals surface area contributed by atoms with Gasteiger partial charge in [0.25, 0.3) is 0 Å². The third-order valence-corrected chi connectivity index (χ3v) is 4.75. The van der Waals surface area contributed by atoms with Crippen LogP contribution in [0.1, 0.15) is 40.5 Å². The Kier molecular flexibility index (Phi) is 3.04. The summed E-state index contributed by atoms with van der Waals surface area (Å²) in [4.78, 5) is 16.0. The Morgan fingerprint density at radius 2 is 2.29 bits per heavy atom. The number of halogens is 1. The lowest BCUT2D eigenvalue weighted by atomic mass is 9.86. The standard InChI is InChI=1S/C12H10INO2S/c13-16-12(15)8-4-5-9-10(6-8)17-11(14-9)7-2-1-3-7/h4-7H,1-3H2. The molecule has 1 aromatic heterocycles. The van der Waals surface area contributed by atoms with Gasteiger partial charge in [0.15, 0.2) is 23.0 Å². The fourth-order valence-electron chi connectivity index (χ4n) is 1.94. The number of nitrogens with zero attached hydrogens (tertiary/aromatic N) is 1. The predicted molar refractivity (Wildman–Crippen MR) is 75.6 cm³/mol. The van der Waals surface area contributed by atoms with Crippen molar-refractivity contribution >= 4 is 50.5 Å². The lowest BCUT2D eigenvalue weighted by Gasteiger charge is -2.22. The number of aromatic nitrogens is 1. The Morgan fingerprint density at radius 3 is 2.94 bits per heavy atom. The van der Waals surface area contributed by atoms with Crippen molar-refractivity contribution in [3.63, 3.8) is 0 Å². The minimum absolute atomic E-state index is 0.300. The van der Waals surface area contributed by atoms with Crippen LogP contribution < -0.4 is 0 Å². The van der Waals surface area contributed by atoms with Crippen LogP contribution in [0, 0.1) is 0 Å². The summed E-state index contributed by atoms with van der Waals surface area (Å²) in [5.41, 5.74) is 1.58. The summed E-state index contributed by atoms with van der Waals surface area (Å²) in [6.45, 7) is 0. The highest BCUT2D eigenvalue weighted by atomic mass is 127. The van der Waals surface area contributed by atoms with Crippen LogP contribution >= 0.6 is 34.3 Å². The molecule has 1 aromatic carbocycles. The van der Waals surface area contributed by atoms with Gasteiger partial charge in [-0.05, 0) is 31.0 Å². The summed E-state index contributed by atoms with van der Waals surface area (Å²) in [5, 5.41) is 1.21. The Labute approximate surface area is 117 Å². The number of fused-ring (bicyclic) bond motifs is 1. The summed E-state index contributed by atoms with van der Waals surface area (Å²) in [5.74, 6) is 0.346. The molecule has 2 aromatic rings. The molecule has 88 valence electrons. The summed E-state index contributed by atoms with van der Waals surface area (Å²) in [6, 6.07) is 5.54. The van der Waals surface area contributed by atoms with Gasteiger partial charge < -0.3 is 3.07 Å². The molecule has 5 heteroatoms. The molecule has 17 heavy (non-hydrogen) atoms. The van der Waals surface area contributed by atoms with Crippen LogP contribution in [0.15, 0.2) is 18.2 Å². The second-order valence-electron chi connectivity index (χ2n) is 4.23. The third kappa shape index (κ3) is 2.06. The van der Waals surface area contributed by atoms with Gasteiger partial charge in [-0.3, -0.25) is 0 Å². The van der Waals surface area contributed by atoms with Crippen molar-refractivity contribution in [1.82, 2.24) is 4.98 Å². The third-order valence-electron chi connectivity index (χ3n) is 3.17. The predicted octanol–water partition coefficient (Wildman–Crippen LogP) is 4.07. The molecule has 3 nitrogen and oxygen atoms in total. The Hall–Kier alpha value is -0.690. The van der Waals surface area contributed by atoms with Crippen LogP contribution in [-0.4, -0.2) is 11.0 Å². The Morgan fingerprint density at radius 1 is 1.47 bits per heavy atom. The number of benzene rings is 1. The average molecular weight is 359 g/mol. The first kappa shape index (κ1) is 11.4. The second kappa shape index (κ2) is 4.53. The van der Waals surface area contributed by atoms with E-state index in [1.807, 2.05) is 12.1 Å². The molecule has 1 aliphatic carbocycles. The van der Waals surface area contributed by atoms with E-state index in [1.54, 1.807) is 40.4 Å². The number of rotatable bonds is 2. The molecule has 0 N–H and O–H groups in total. The first-order valence-corrected chi connectivity index (χ1v) is 7.21. The molecule has 1 heterocycles. The first-order valence-electron chi connectivity index (χ1n) is 5.51. The topological polar surface area (TPSA) is 39.2 Å². The molecule has 0 spiro atoms. The maximum atomic E-state index is 11.4. The Balaban J connectivity index is 2.00. The number of carbonyl (C=O) groups excluding carboxylic acids is 1. The van der Waals surface area contributed by atoms with E-state index in [2.05, 4.69) is 8.05 Å². The summed E-state index contributed by atoms with van der Waals surface area (Å²) in [7, 11) is 0. The fourth-order valence-corrected chi connectivity index (χ4v) is 3.37. The van der Waals surface area contributed by atoms with Gasteiger partial charge >= 0.3 is 5.97 Å². The van der Waals surface area contributed by atoms with Gasteiger partial charge in [0, 0.05) is 5.92 Å². The highest BCUT2D eigenvalue weighted by Crippen LogP contribution is 2.40. The van der Waals surface area contributed by atoms with Gasteiger partial charge in [0.1, 0.15) is 0 Å². The van der Waals surface area contributed by atoms with E-state index in [1.165, 1.54) is 24.3 Å². The van der Waals surface area contributed by atoms with Crippen molar-refractivity contribution in [2.75, 3.05) is 0 Å². The van der Waals surface area contributed by atoms with Crippen molar-refractivity contribution in [3.05, 3.63) is 28.8 Å². The van der Waals surface area contributed by atoms with Crippen LogP contribution in [0.4, 0.5) is 0 Å². The van der Waals surface area contributed by atoms with Gasteiger partial charge in [-0.25, -0.2) is 9.78 Å². The molecule has 1 aliphatic rings. The van der Waals surface area contributed by atoms with Gasteiger partial charge in [0.2, 0.25) is 0 Å². The Bertz CT molecular complexity index is 577. The maximum Gasteiger partial charge on any atom is 0.347 e. The van der Waals surface area contributed by atoms with E-state index in [4.69, 9.17) is 0 Å². The largest absolute Gasteiger partial charge is 0.391 e. The summed E-state index contributed by atoms with van der Waals surface area (Å²) in [6.07, 6.45) is 3.82. The molecule has 0 radical (unpaired) electrons. The van der Waals surface area contributed by atoms with E-state index in [0.717, 1.165) is 10.2 Å². The van der Waals surface area contributed by atoms with Gasteiger partial charge in [0.05, 0.1) is 20.8 Å². The zero-order chi connectivity index (χ0) is 11.8. The monoisotopic (exact) mass is 359 g/mol. The van der Waals surface area contributed by atoms with Gasteiger partial charge in [-0.1, -0.05) is 6.42 Å². The molecule has 1 fully saturated rings. The molecular formula is C12H10INO2S. The second-order valence-corrected chi connectivity index (χ2v) is 5.73. The highest BCUT2D eigenvalue weighted by molar-refractivity contribution is 14.1. The number of hydrogen-bond acceptors (Lipinski definition) is 4. The van der Waals surface area contributed by atoms with Gasteiger partial charge in [-0.15, -0.1) is 11.3 Å². The molecule has 0 amide bonds. The SMILES string of the molecule is O=C(OI)c1ccc2nc(C3CCC3)sc2c1. The zero-order valence-corrected chi connectivity index (χ0v) is 12.0.